The molecule has 0 aliphatic rings. The SMILES string of the molecule is N#Cc1cc(-c2ccc3cc(C#N)ccc3c2)cc(-c2nc3ccccc3s2)c1. The second-order valence-corrected chi connectivity index (χ2v) is 7.82. The molecule has 0 bridgehead atoms. The van der Waals surface area contributed by atoms with Gasteiger partial charge < -0.3 is 0 Å². The van der Waals surface area contributed by atoms with Crippen molar-refractivity contribution in [1.82, 2.24) is 4.98 Å². The largest absolute Gasteiger partial charge is 0.236 e. The molecule has 0 atom stereocenters. The first kappa shape index (κ1) is 17.1. The molecule has 1 aromatic heterocycles. The van der Waals surface area contributed by atoms with Crippen LogP contribution in [0.1, 0.15) is 11.1 Å². The molecule has 0 fully saturated rings. The summed E-state index contributed by atoms with van der Waals surface area (Å²) in [6.45, 7) is 0. The fourth-order valence-electron chi connectivity index (χ4n) is 3.47. The maximum absolute atomic E-state index is 9.55. The first-order chi connectivity index (χ1) is 14.2. The summed E-state index contributed by atoms with van der Waals surface area (Å²) in [5.74, 6) is 0. The van der Waals surface area contributed by atoms with Crippen LogP contribution in [0, 0.1) is 22.7 Å². The molecular weight excluding hydrogens is 374 g/mol. The molecule has 0 amide bonds. The van der Waals surface area contributed by atoms with Gasteiger partial charge in [0, 0.05) is 5.56 Å². The summed E-state index contributed by atoms with van der Waals surface area (Å²) in [6, 6.07) is 30.2. The van der Waals surface area contributed by atoms with Gasteiger partial charge >= 0.3 is 0 Å². The predicted octanol–water partition coefficient (Wildman–Crippen LogP) is 6.53. The molecule has 1 heterocycles. The molecule has 0 radical (unpaired) electrons. The van der Waals surface area contributed by atoms with Crippen molar-refractivity contribution in [3.63, 3.8) is 0 Å². The van der Waals surface area contributed by atoms with Crippen LogP contribution in [0.25, 0.3) is 42.7 Å². The lowest BCUT2D eigenvalue weighted by Crippen LogP contribution is -1.86. The topological polar surface area (TPSA) is 60.5 Å². The fraction of sp³-hybridized carbons (Fsp3) is 0. The van der Waals surface area contributed by atoms with Gasteiger partial charge in [0.05, 0.1) is 33.5 Å². The third-order valence-electron chi connectivity index (χ3n) is 4.91. The zero-order valence-corrected chi connectivity index (χ0v) is 16.1. The Labute approximate surface area is 171 Å². The fourth-order valence-corrected chi connectivity index (χ4v) is 4.43. The average Bonchev–Trinajstić information content (AvgIpc) is 3.22. The Kier molecular flexibility index (Phi) is 4.06. The first-order valence-corrected chi connectivity index (χ1v) is 9.90. The third-order valence-corrected chi connectivity index (χ3v) is 5.99. The number of benzene rings is 4. The van der Waals surface area contributed by atoms with Crippen molar-refractivity contribution >= 4 is 32.3 Å². The number of nitriles is 2. The van der Waals surface area contributed by atoms with E-state index < -0.39 is 0 Å². The summed E-state index contributed by atoms with van der Waals surface area (Å²) in [7, 11) is 0. The number of fused-ring (bicyclic) bond motifs is 2. The normalized spacial score (nSPS) is 10.7. The molecule has 0 aliphatic carbocycles. The summed E-state index contributed by atoms with van der Waals surface area (Å²) in [5.41, 5.74) is 5.17. The Bertz CT molecular complexity index is 1450. The Hall–Kier alpha value is -3.99. The number of nitrogens with zero attached hydrogens (tertiary/aromatic N) is 3. The van der Waals surface area contributed by atoms with Gasteiger partial charge in [-0.15, -0.1) is 11.3 Å². The molecule has 0 saturated heterocycles. The van der Waals surface area contributed by atoms with E-state index in [1.807, 2.05) is 60.7 Å². The number of hydrogen-bond acceptors (Lipinski definition) is 4. The minimum atomic E-state index is 0.608. The van der Waals surface area contributed by atoms with Crippen molar-refractivity contribution in [2.24, 2.45) is 0 Å². The smallest absolute Gasteiger partial charge is 0.124 e. The first-order valence-electron chi connectivity index (χ1n) is 9.09. The molecule has 0 spiro atoms. The van der Waals surface area contributed by atoms with Gasteiger partial charge in [-0.1, -0.05) is 30.3 Å². The average molecular weight is 387 g/mol. The third kappa shape index (κ3) is 3.12. The van der Waals surface area contributed by atoms with E-state index >= 15 is 0 Å². The molecule has 4 aromatic carbocycles. The molecule has 0 saturated carbocycles. The monoisotopic (exact) mass is 387 g/mol. The maximum atomic E-state index is 9.55. The van der Waals surface area contributed by atoms with Gasteiger partial charge in [-0.25, -0.2) is 4.98 Å². The zero-order valence-electron chi connectivity index (χ0n) is 15.3. The quantitative estimate of drug-likeness (QED) is 0.346. The molecule has 3 nitrogen and oxygen atoms in total. The summed E-state index contributed by atoms with van der Waals surface area (Å²) >= 11 is 1.63. The van der Waals surface area contributed by atoms with Gasteiger partial charge in [-0.05, 0) is 70.4 Å². The van der Waals surface area contributed by atoms with Crippen molar-refractivity contribution < 1.29 is 0 Å². The standard InChI is InChI=1S/C25H13N3S/c26-14-16-5-6-19-12-20(8-7-18(19)9-16)21-10-17(15-27)11-22(13-21)25-28-23-3-1-2-4-24(23)29-25/h1-13H. The molecule has 0 N–H and O–H groups in total. The van der Waals surface area contributed by atoms with Crippen LogP contribution < -0.4 is 0 Å². The van der Waals surface area contributed by atoms with Crippen molar-refractivity contribution in [3.8, 4) is 33.8 Å². The summed E-state index contributed by atoms with van der Waals surface area (Å²) < 4.78 is 1.13. The van der Waals surface area contributed by atoms with Crippen LogP contribution in [0.15, 0.2) is 78.9 Å². The Morgan fingerprint density at radius 3 is 2.24 bits per heavy atom. The second kappa shape index (κ2) is 6.87. The van der Waals surface area contributed by atoms with Gasteiger partial charge in [0.2, 0.25) is 0 Å². The van der Waals surface area contributed by atoms with Crippen LogP contribution in [0.2, 0.25) is 0 Å². The number of para-hydroxylation sites is 1. The highest BCUT2D eigenvalue weighted by Crippen LogP contribution is 2.34. The predicted molar refractivity (Wildman–Crippen MR) is 117 cm³/mol. The van der Waals surface area contributed by atoms with Crippen LogP contribution >= 0.6 is 11.3 Å². The van der Waals surface area contributed by atoms with Gasteiger partial charge in [0.25, 0.3) is 0 Å². The van der Waals surface area contributed by atoms with E-state index in [1.165, 1.54) is 0 Å². The number of rotatable bonds is 2. The highest BCUT2D eigenvalue weighted by atomic mass is 32.1. The Morgan fingerprint density at radius 2 is 1.41 bits per heavy atom. The lowest BCUT2D eigenvalue weighted by atomic mass is 9.97. The number of aromatic nitrogens is 1. The highest BCUT2D eigenvalue weighted by molar-refractivity contribution is 7.21. The maximum Gasteiger partial charge on any atom is 0.124 e. The second-order valence-electron chi connectivity index (χ2n) is 6.79. The molecule has 29 heavy (non-hydrogen) atoms. The number of hydrogen-bond donors (Lipinski definition) is 0. The Morgan fingerprint density at radius 1 is 0.655 bits per heavy atom. The molecule has 5 aromatic rings. The van der Waals surface area contributed by atoms with Gasteiger partial charge in [0.1, 0.15) is 5.01 Å². The van der Waals surface area contributed by atoms with E-state index in [9.17, 15) is 5.26 Å². The van der Waals surface area contributed by atoms with E-state index in [0.717, 1.165) is 42.7 Å². The van der Waals surface area contributed by atoms with Gasteiger partial charge in [-0.2, -0.15) is 10.5 Å². The van der Waals surface area contributed by atoms with Crippen molar-refractivity contribution in [2.45, 2.75) is 0 Å². The lowest BCUT2D eigenvalue weighted by Gasteiger charge is -2.07. The van der Waals surface area contributed by atoms with Crippen LogP contribution in [-0.4, -0.2) is 4.98 Å². The molecule has 0 unspecified atom stereocenters. The highest BCUT2D eigenvalue weighted by Gasteiger charge is 2.10. The van der Waals surface area contributed by atoms with Crippen LogP contribution in [0.3, 0.4) is 0 Å². The van der Waals surface area contributed by atoms with Crippen LogP contribution in [0.5, 0.6) is 0 Å². The minimum Gasteiger partial charge on any atom is -0.236 e. The molecule has 5 rings (SSSR count). The molecule has 0 aliphatic heterocycles. The van der Waals surface area contributed by atoms with Gasteiger partial charge in [-0.3, -0.25) is 0 Å². The van der Waals surface area contributed by atoms with Crippen LogP contribution in [0.4, 0.5) is 0 Å². The van der Waals surface area contributed by atoms with E-state index in [1.54, 1.807) is 11.3 Å². The van der Waals surface area contributed by atoms with Crippen molar-refractivity contribution in [3.05, 3.63) is 90.0 Å². The van der Waals surface area contributed by atoms with Crippen molar-refractivity contribution in [2.75, 3.05) is 0 Å². The summed E-state index contributed by atoms with van der Waals surface area (Å²) in [6.07, 6.45) is 0. The van der Waals surface area contributed by atoms with E-state index in [0.29, 0.717) is 11.1 Å². The molecule has 134 valence electrons. The molecule has 4 heteroatoms. The van der Waals surface area contributed by atoms with E-state index in [-0.39, 0.29) is 0 Å². The van der Waals surface area contributed by atoms with Gasteiger partial charge in [0.15, 0.2) is 0 Å². The summed E-state index contributed by atoms with van der Waals surface area (Å²) in [5, 5.41) is 21.6. The summed E-state index contributed by atoms with van der Waals surface area (Å²) in [4.78, 5) is 4.74. The number of thiazole rings is 1. The van der Waals surface area contributed by atoms with Crippen LogP contribution in [-0.2, 0) is 0 Å². The van der Waals surface area contributed by atoms with Crippen molar-refractivity contribution in [1.29, 1.82) is 10.5 Å². The van der Waals surface area contributed by atoms with E-state index in [2.05, 4.69) is 30.3 Å². The van der Waals surface area contributed by atoms with E-state index in [4.69, 9.17) is 10.2 Å². The zero-order chi connectivity index (χ0) is 19.8. The molecular formula is C25H13N3S. The minimum absolute atomic E-state index is 0.608. The Balaban J connectivity index is 1.65. The lowest BCUT2D eigenvalue weighted by molar-refractivity contribution is 1.45.